The Labute approximate surface area is 459 Å². The van der Waals surface area contributed by atoms with Crippen LogP contribution >= 0.6 is 11.6 Å². The van der Waals surface area contributed by atoms with Crippen molar-refractivity contribution in [3.8, 4) is 67.1 Å². The van der Waals surface area contributed by atoms with E-state index in [-0.39, 0.29) is 5.41 Å². The first-order chi connectivity index (χ1) is 38.3. The molecule has 16 rings (SSSR count). The van der Waals surface area contributed by atoms with Crippen molar-refractivity contribution in [2.45, 2.75) is 10.8 Å². The van der Waals surface area contributed by atoms with Crippen LogP contribution in [0.1, 0.15) is 44.5 Å². The molecule has 6 heteroatoms. The summed E-state index contributed by atoms with van der Waals surface area (Å²) in [5.41, 5.74) is 23.4. The molecule has 0 unspecified atom stereocenters. The van der Waals surface area contributed by atoms with Crippen LogP contribution in [-0.4, -0.2) is 31.4 Å². The maximum Gasteiger partial charge on any atom is 0.488 e. The minimum Gasteiger partial charge on any atom is -0.497 e. The molecule has 4 aliphatic rings. The molecule has 12 aromatic rings. The van der Waals surface area contributed by atoms with Gasteiger partial charge in [0.15, 0.2) is 0 Å². The molecule has 2 N–H and O–H groups in total. The van der Waals surface area contributed by atoms with Gasteiger partial charge in [0.25, 0.3) is 0 Å². The zero-order valence-corrected chi connectivity index (χ0v) is 43.7. The molecule has 372 valence electrons. The molecule has 4 aliphatic carbocycles. The van der Waals surface area contributed by atoms with Gasteiger partial charge in [0.1, 0.15) is 11.5 Å². The maximum atomic E-state index is 8.58. The van der Waals surface area contributed by atoms with Crippen molar-refractivity contribution < 1.29 is 19.5 Å². The second-order valence-electron chi connectivity index (χ2n) is 20.4. The molecule has 2 spiro atoms. The van der Waals surface area contributed by atoms with Crippen molar-refractivity contribution in [1.29, 1.82) is 0 Å². The number of hydrogen-bond donors (Lipinski definition) is 2. The summed E-state index contributed by atoms with van der Waals surface area (Å²) in [5, 5.41) is 22.8. The zero-order valence-electron chi connectivity index (χ0n) is 42.9. The molecule has 0 radical (unpaired) electrons. The van der Waals surface area contributed by atoms with E-state index in [2.05, 4.69) is 218 Å². The molecule has 0 aromatic heterocycles. The summed E-state index contributed by atoms with van der Waals surface area (Å²) < 4.78 is 11.1. The second kappa shape index (κ2) is 18.6. The van der Waals surface area contributed by atoms with Gasteiger partial charge in [-0.2, -0.15) is 0 Å². The van der Waals surface area contributed by atoms with E-state index in [1.165, 1.54) is 122 Å². The predicted molar refractivity (Wildman–Crippen MR) is 320 cm³/mol. The number of halogens is 1. The average molecular weight is 1030 g/mol. The van der Waals surface area contributed by atoms with Crippen LogP contribution < -0.4 is 14.9 Å². The quantitative estimate of drug-likeness (QED) is 0.173. The zero-order chi connectivity index (χ0) is 52.7. The van der Waals surface area contributed by atoms with Gasteiger partial charge in [-0.3, -0.25) is 0 Å². The minimum absolute atomic E-state index is 0.378. The SMILES string of the molecule is COc1ccc2c3c(ccc2c1)-c1ccc(-c2ccccc2)cc1C31c2ccccc2-c2ccccc21.COc1ccc2c3c(ccc2c1)-c1ccc(Cl)cc1C31c2ccccc2-c2ccccc21.OB(O)c1ccccc1. The van der Waals surface area contributed by atoms with Gasteiger partial charge in [0.2, 0.25) is 0 Å². The van der Waals surface area contributed by atoms with E-state index < -0.39 is 12.5 Å². The Hall–Kier alpha value is -8.97. The molecule has 0 saturated carbocycles. The van der Waals surface area contributed by atoms with Crippen molar-refractivity contribution in [1.82, 2.24) is 0 Å². The van der Waals surface area contributed by atoms with E-state index in [9.17, 15) is 0 Å². The number of rotatable bonds is 4. The van der Waals surface area contributed by atoms with Crippen LogP contribution in [0, 0.1) is 0 Å². The van der Waals surface area contributed by atoms with Crippen LogP contribution in [0.5, 0.6) is 11.5 Å². The van der Waals surface area contributed by atoms with E-state index in [1.54, 1.807) is 38.5 Å². The fourth-order valence-electron chi connectivity index (χ4n) is 13.6. The van der Waals surface area contributed by atoms with Crippen LogP contribution in [0.3, 0.4) is 0 Å². The van der Waals surface area contributed by atoms with E-state index in [4.69, 9.17) is 31.1 Å². The monoisotopic (exact) mass is 1020 g/mol. The molecule has 0 fully saturated rings. The van der Waals surface area contributed by atoms with Gasteiger partial charge in [0.05, 0.1) is 25.0 Å². The lowest BCUT2D eigenvalue weighted by atomic mass is 9.69. The first-order valence-corrected chi connectivity index (χ1v) is 26.8. The number of benzene rings is 12. The molecule has 12 aromatic carbocycles. The molecule has 0 saturated heterocycles. The number of fused-ring (bicyclic) bond motifs is 24. The highest BCUT2D eigenvalue weighted by Gasteiger charge is 2.54. The van der Waals surface area contributed by atoms with Gasteiger partial charge in [-0.05, 0) is 170 Å². The molecule has 4 nitrogen and oxygen atoms in total. The molecular formula is C72H50BClO4. The lowest BCUT2D eigenvalue weighted by Crippen LogP contribution is -2.29. The van der Waals surface area contributed by atoms with Gasteiger partial charge in [-0.25, -0.2) is 0 Å². The highest BCUT2D eigenvalue weighted by atomic mass is 35.5. The van der Waals surface area contributed by atoms with Crippen molar-refractivity contribution in [3.05, 3.63) is 304 Å². The third-order valence-electron chi connectivity index (χ3n) is 16.7. The first kappa shape index (κ1) is 47.5. The van der Waals surface area contributed by atoms with Gasteiger partial charge in [0, 0.05) is 5.02 Å². The van der Waals surface area contributed by atoms with Crippen LogP contribution in [-0.2, 0) is 10.8 Å². The Morgan fingerprint density at radius 1 is 0.333 bits per heavy atom. The summed E-state index contributed by atoms with van der Waals surface area (Å²) in [6.45, 7) is 0. The number of methoxy groups -OCH3 is 2. The highest BCUT2D eigenvalue weighted by Crippen LogP contribution is 2.66. The normalized spacial score (nSPS) is 13.4. The van der Waals surface area contributed by atoms with Crippen LogP contribution in [0.15, 0.2) is 255 Å². The summed E-state index contributed by atoms with van der Waals surface area (Å²) in [7, 11) is 2.11. The van der Waals surface area contributed by atoms with Crippen LogP contribution in [0.2, 0.25) is 5.02 Å². The molecule has 0 atom stereocenters. The minimum atomic E-state index is -1.34. The summed E-state index contributed by atoms with van der Waals surface area (Å²) in [6, 6.07) is 90.4. The van der Waals surface area contributed by atoms with Crippen molar-refractivity contribution in [3.63, 3.8) is 0 Å². The Morgan fingerprint density at radius 2 is 0.718 bits per heavy atom. The fraction of sp³-hybridized carbons (Fsp3) is 0.0556. The van der Waals surface area contributed by atoms with Crippen LogP contribution in [0.25, 0.3) is 77.2 Å². The Balaban J connectivity index is 0.000000123. The third kappa shape index (κ3) is 6.95. The average Bonchev–Trinajstić information content (AvgIpc) is 3.71. The van der Waals surface area contributed by atoms with E-state index >= 15 is 0 Å². The van der Waals surface area contributed by atoms with Crippen molar-refractivity contribution >= 4 is 45.7 Å². The smallest absolute Gasteiger partial charge is 0.488 e. The van der Waals surface area contributed by atoms with Crippen LogP contribution in [0.4, 0.5) is 0 Å². The third-order valence-corrected chi connectivity index (χ3v) is 16.9. The highest BCUT2D eigenvalue weighted by molar-refractivity contribution is 6.58. The summed E-state index contributed by atoms with van der Waals surface area (Å²) in [5.74, 6) is 1.76. The van der Waals surface area contributed by atoms with E-state index in [1.807, 2.05) is 12.1 Å². The first-order valence-electron chi connectivity index (χ1n) is 26.4. The van der Waals surface area contributed by atoms with Crippen molar-refractivity contribution in [2.75, 3.05) is 14.2 Å². The molecule has 0 aliphatic heterocycles. The lowest BCUT2D eigenvalue weighted by Gasteiger charge is -2.31. The number of hydrogen-bond acceptors (Lipinski definition) is 4. The lowest BCUT2D eigenvalue weighted by molar-refractivity contribution is 0.415. The van der Waals surface area contributed by atoms with Gasteiger partial charge in [-0.15, -0.1) is 0 Å². The topological polar surface area (TPSA) is 58.9 Å². The Morgan fingerprint density at radius 3 is 1.15 bits per heavy atom. The Bertz CT molecular complexity index is 4270. The van der Waals surface area contributed by atoms with Crippen molar-refractivity contribution in [2.24, 2.45) is 0 Å². The predicted octanol–water partition coefficient (Wildman–Crippen LogP) is 16.1. The Kier molecular flexibility index (Phi) is 11.4. The molecule has 0 bridgehead atoms. The van der Waals surface area contributed by atoms with E-state index in [0.717, 1.165) is 16.5 Å². The standard InChI is InChI=1S/C36H24O.C30H19ClO.C6H7BO2/c1-37-26-17-20-27-25(21-26)16-19-31-30-18-15-24(23-9-3-2-4-10-23)22-34(30)36(35(27)31)32-13-7-5-11-28(32)29-12-6-8-14-33(29)36;1-32-20-12-15-21-18(16-20)10-13-25-24-14-11-19(31)17-28(24)30(29(21)25)26-8-4-2-6-22(26)23-7-3-5-9-27(23)30;8-7(9)6-4-2-1-3-5-6/h2-22H,1H3;2-17H,1H3;1-5,8-9H. The summed E-state index contributed by atoms with van der Waals surface area (Å²) in [6.07, 6.45) is 0. The molecule has 78 heavy (non-hydrogen) atoms. The largest absolute Gasteiger partial charge is 0.497 e. The van der Waals surface area contributed by atoms with Gasteiger partial charge in [-0.1, -0.05) is 224 Å². The number of ether oxygens (including phenoxy) is 2. The second-order valence-corrected chi connectivity index (χ2v) is 20.9. The van der Waals surface area contributed by atoms with Gasteiger partial charge < -0.3 is 19.5 Å². The van der Waals surface area contributed by atoms with Gasteiger partial charge >= 0.3 is 7.12 Å². The maximum absolute atomic E-state index is 8.58. The fourth-order valence-corrected chi connectivity index (χ4v) is 13.7. The molecular weight excluding hydrogens is 975 g/mol. The van der Waals surface area contributed by atoms with E-state index in [0.29, 0.717) is 5.46 Å². The molecule has 0 heterocycles. The summed E-state index contributed by atoms with van der Waals surface area (Å²) in [4.78, 5) is 0. The molecule has 0 amide bonds. The summed E-state index contributed by atoms with van der Waals surface area (Å²) >= 11 is 6.62.